The van der Waals surface area contributed by atoms with Gasteiger partial charge in [-0.05, 0) is 68.4 Å². The maximum absolute atomic E-state index is 14.4. The van der Waals surface area contributed by atoms with Crippen LogP contribution in [0.5, 0.6) is 5.88 Å². The number of ether oxygens (including phenoxy) is 1. The molecule has 0 atom stereocenters. The number of fused-ring (bicyclic) bond motifs is 2. The second-order valence-electron chi connectivity index (χ2n) is 8.44. The Morgan fingerprint density at radius 2 is 1.83 bits per heavy atom. The summed E-state index contributed by atoms with van der Waals surface area (Å²) in [4.78, 5) is 13.9. The van der Waals surface area contributed by atoms with Gasteiger partial charge in [0, 0.05) is 24.0 Å². The number of rotatable bonds is 5. The van der Waals surface area contributed by atoms with Crippen LogP contribution in [0.25, 0.3) is 28.1 Å². The predicted octanol–water partition coefficient (Wildman–Crippen LogP) is 7.03. The van der Waals surface area contributed by atoms with E-state index in [1.165, 1.54) is 12.1 Å². The Hall–Kier alpha value is -3.68. The van der Waals surface area contributed by atoms with Gasteiger partial charge in [-0.1, -0.05) is 23.2 Å². The summed E-state index contributed by atoms with van der Waals surface area (Å²) < 4.78 is 21.7. The first-order valence-electron chi connectivity index (χ1n) is 11.3. The van der Waals surface area contributed by atoms with Crippen LogP contribution in [0.2, 0.25) is 10.0 Å². The second kappa shape index (κ2) is 9.76. The number of aromatic nitrogens is 3. The van der Waals surface area contributed by atoms with E-state index in [9.17, 15) is 4.39 Å². The van der Waals surface area contributed by atoms with Gasteiger partial charge >= 0.3 is 0 Å². The molecule has 0 amide bonds. The molecule has 2 heterocycles. The number of nitrogens with zero attached hydrogens (tertiary/aromatic N) is 4. The first kappa shape index (κ1) is 24.0. The monoisotopic (exact) mass is 521 g/mol. The summed E-state index contributed by atoms with van der Waals surface area (Å²) in [6, 6.07) is 17.4. The Morgan fingerprint density at radius 1 is 1.00 bits per heavy atom. The van der Waals surface area contributed by atoms with E-state index in [1.807, 2.05) is 48.7 Å². The van der Waals surface area contributed by atoms with Crippen LogP contribution in [0.1, 0.15) is 13.8 Å². The van der Waals surface area contributed by atoms with E-state index in [0.717, 1.165) is 17.1 Å². The van der Waals surface area contributed by atoms with Crippen molar-refractivity contribution < 1.29 is 9.13 Å². The van der Waals surface area contributed by atoms with Crippen LogP contribution in [0.4, 0.5) is 15.8 Å². The molecule has 0 fully saturated rings. The molecule has 182 valence electrons. The lowest BCUT2D eigenvalue weighted by atomic mass is 10.1. The Balaban J connectivity index is 1.84. The molecule has 5 rings (SSSR count). The zero-order chi connectivity index (χ0) is 25.4. The minimum absolute atomic E-state index is 0.0167. The summed E-state index contributed by atoms with van der Waals surface area (Å²) in [7, 11) is 1.57. The van der Waals surface area contributed by atoms with E-state index in [4.69, 9.17) is 37.9 Å². The van der Waals surface area contributed by atoms with Gasteiger partial charge in [0.25, 0.3) is 0 Å². The highest BCUT2D eigenvalue weighted by Crippen LogP contribution is 2.33. The molecule has 3 aromatic rings. The maximum Gasteiger partial charge on any atom is 0.237 e. The van der Waals surface area contributed by atoms with E-state index in [-0.39, 0.29) is 11.9 Å². The van der Waals surface area contributed by atoms with Crippen LogP contribution < -0.4 is 15.4 Å². The molecule has 0 bridgehead atoms. The predicted molar refractivity (Wildman–Crippen MR) is 142 cm³/mol. The van der Waals surface area contributed by atoms with Crippen LogP contribution >= 0.6 is 23.2 Å². The standard InChI is InChI=1S/C27H22Cl2FN5O/c1-15(2)32-23-14-26-24(13-22(23)34-21-5-4-10-31-27(21)36-3)33-20-9-6-16(30)11-25(20)35(26)17-7-8-18(28)19(29)12-17/h4-15,34H,1-3H3. The lowest BCUT2D eigenvalue weighted by Gasteiger charge is -2.21. The molecule has 0 radical (unpaired) electrons. The minimum Gasteiger partial charge on any atom is -0.480 e. The maximum atomic E-state index is 14.4. The molecule has 9 heteroatoms. The molecule has 2 aliphatic rings. The van der Waals surface area contributed by atoms with Gasteiger partial charge in [-0.2, -0.15) is 0 Å². The topological polar surface area (TPSA) is 64.3 Å². The number of pyridine rings is 1. The fourth-order valence-electron chi connectivity index (χ4n) is 4.05. The molecular weight excluding hydrogens is 500 g/mol. The third kappa shape index (κ3) is 4.59. The zero-order valence-electron chi connectivity index (χ0n) is 19.8. The van der Waals surface area contributed by atoms with E-state index < -0.39 is 0 Å². The van der Waals surface area contributed by atoms with Crippen molar-refractivity contribution in [3.63, 3.8) is 0 Å². The van der Waals surface area contributed by atoms with Gasteiger partial charge in [-0.3, -0.25) is 4.99 Å². The van der Waals surface area contributed by atoms with Crippen molar-refractivity contribution >= 4 is 45.6 Å². The highest BCUT2D eigenvalue weighted by molar-refractivity contribution is 6.42. The number of benzene rings is 3. The van der Waals surface area contributed by atoms with Gasteiger partial charge < -0.3 is 14.6 Å². The van der Waals surface area contributed by atoms with Crippen LogP contribution in [0, 0.1) is 5.82 Å². The van der Waals surface area contributed by atoms with Gasteiger partial charge in [0.15, 0.2) is 0 Å². The van der Waals surface area contributed by atoms with Crippen molar-refractivity contribution in [2.24, 2.45) is 4.99 Å². The molecule has 0 spiro atoms. The Morgan fingerprint density at radius 3 is 2.58 bits per heavy atom. The van der Waals surface area contributed by atoms with Crippen molar-refractivity contribution in [1.29, 1.82) is 0 Å². The quantitative estimate of drug-likeness (QED) is 0.252. The molecule has 1 aliphatic carbocycles. The Labute approximate surface area is 217 Å². The van der Waals surface area contributed by atoms with Gasteiger partial charge in [0.05, 0.1) is 50.6 Å². The molecule has 0 saturated carbocycles. The number of halogens is 3. The summed E-state index contributed by atoms with van der Waals surface area (Å²) in [6.45, 7) is 4.00. The van der Waals surface area contributed by atoms with Crippen molar-refractivity contribution in [2.75, 3.05) is 12.4 Å². The van der Waals surface area contributed by atoms with Crippen LogP contribution in [0.3, 0.4) is 0 Å². The van der Waals surface area contributed by atoms with Crippen molar-refractivity contribution in [3.8, 4) is 23.0 Å². The first-order chi connectivity index (χ1) is 17.3. The number of methoxy groups -OCH3 is 1. The van der Waals surface area contributed by atoms with E-state index in [1.54, 1.807) is 31.5 Å². The number of hydrogen-bond acceptors (Lipinski definition) is 5. The largest absolute Gasteiger partial charge is 0.480 e. The van der Waals surface area contributed by atoms with Gasteiger partial charge in [0.1, 0.15) is 11.5 Å². The second-order valence-corrected chi connectivity index (χ2v) is 9.26. The Kier molecular flexibility index (Phi) is 6.51. The minimum atomic E-state index is -0.369. The number of hydrogen-bond donors (Lipinski definition) is 1. The molecule has 1 aromatic heterocycles. The van der Waals surface area contributed by atoms with Gasteiger partial charge in [-0.15, -0.1) is 0 Å². The van der Waals surface area contributed by atoms with Gasteiger partial charge in [-0.25, -0.2) is 14.4 Å². The summed E-state index contributed by atoms with van der Waals surface area (Å²) in [6.07, 6.45) is 1.66. The lowest BCUT2D eigenvalue weighted by molar-refractivity contribution is 0.400. The van der Waals surface area contributed by atoms with E-state index in [2.05, 4.69) is 10.3 Å². The van der Waals surface area contributed by atoms with Crippen molar-refractivity contribution in [1.82, 2.24) is 14.5 Å². The van der Waals surface area contributed by atoms with Crippen LogP contribution in [-0.4, -0.2) is 27.7 Å². The third-order valence-corrected chi connectivity index (χ3v) is 6.28. The molecule has 0 saturated heterocycles. The Bertz CT molecular complexity index is 1630. The van der Waals surface area contributed by atoms with E-state index >= 15 is 0 Å². The highest BCUT2D eigenvalue weighted by Gasteiger charge is 2.18. The van der Waals surface area contributed by atoms with E-state index in [0.29, 0.717) is 43.7 Å². The average molecular weight is 522 g/mol. The zero-order valence-corrected chi connectivity index (χ0v) is 21.3. The molecule has 1 aliphatic heterocycles. The fourth-order valence-corrected chi connectivity index (χ4v) is 4.34. The summed E-state index contributed by atoms with van der Waals surface area (Å²) in [5.74, 6) is 0.0902. The summed E-state index contributed by atoms with van der Waals surface area (Å²) in [5.41, 5.74) is 4.76. The van der Waals surface area contributed by atoms with Gasteiger partial charge in [0.2, 0.25) is 5.88 Å². The molecule has 0 unspecified atom stereocenters. The van der Waals surface area contributed by atoms with Crippen LogP contribution in [0.15, 0.2) is 71.9 Å². The third-order valence-electron chi connectivity index (χ3n) is 5.55. The average Bonchev–Trinajstić information content (AvgIpc) is 2.85. The van der Waals surface area contributed by atoms with Crippen molar-refractivity contribution in [3.05, 3.63) is 88.1 Å². The number of anilines is 2. The lowest BCUT2D eigenvalue weighted by Crippen LogP contribution is -2.17. The normalized spacial score (nSPS) is 12.0. The molecule has 2 aromatic carbocycles. The molecule has 6 nitrogen and oxygen atoms in total. The van der Waals surface area contributed by atoms with Crippen molar-refractivity contribution in [2.45, 2.75) is 19.9 Å². The first-order valence-corrected chi connectivity index (χ1v) is 12.0. The molecular formula is C27H22Cl2FN5O. The fraction of sp³-hybridized carbons (Fsp3) is 0.148. The van der Waals surface area contributed by atoms with Crippen LogP contribution in [-0.2, 0) is 0 Å². The summed E-state index contributed by atoms with van der Waals surface area (Å²) in [5, 5.41) is 4.92. The number of nitrogens with one attached hydrogen (secondary N) is 1. The summed E-state index contributed by atoms with van der Waals surface area (Å²) >= 11 is 12.5. The smallest absolute Gasteiger partial charge is 0.237 e. The molecule has 1 N–H and O–H groups in total. The SMILES string of the molecule is COc1ncccc1Nc1cc2nc3ccc(F)cc3n(-c3ccc(Cl)c(Cl)c3)c-2cc1=NC(C)C. The highest BCUT2D eigenvalue weighted by atomic mass is 35.5. The molecule has 36 heavy (non-hydrogen) atoms.